The summed E-state index contributed by atoms with van der Waals surface area (Å²) in [5, 5.41) is 20.5. The van der Waals surface area contributed by atoms with Crippen LogP contribution in [0.3, 0.4) is 0 Å². The van der Waals surface area contributed by atoms with Gasteiger partial charge in [-0.2, -0.15) is 0 Å². The van der Waals surface area contributed by atoms with E-state index in [0.717, 1.165) is 0 Å². The molecule has 22 heavy (non-hydrogen) atoms. The smallest absolute Gasteiger partial charge is 0.281 e. The molecule has 0 saturated heterocycles. The number of rotatable bonds is 2. The van der Waals surface area contributed by atoms with Gasteiger partial charge < -0.3 is 10.2 Å². The fraction of sp³-hybridized carbons (Fsp3) is 0.222. The van der Waals surface area contributed by atoms with Gasteiger partial charge in [-0.3, -0.25) is 0 Å². The van der Waals surface area contributed by atoms with Crippen molar-refractivity contribution in [1.82, 2.24) is 0 Å². The van der Waals surface area contributed by atoms with Crippen molar-refractivity contribution in [3.63, 3.8) is 0 Å². The van der Waals surface area contributed by atoms with Gasteiger partial charge in [0.15, 0.2) is 5.60 Å². The second-order valence-corrected chi connectivity index (χ2v) is 5.81. The zero-order valence-electron chi connectivity index (χ0n) is 12.3. The maximum Gasteiger partial charge on any atom is 0.281 e. The second kappa shape index (κ2) is 4.40. The van der Waals surface area contributed by atoms with Crippen molar-refractivity contribution in [2.75, 3.05) is 0 Å². The SMILES string of the molecule is C=C(O)c1cc(C)c2c(c1)C(O)(C(C)(F)F)c1ccccc1-2. The molecule has 0 bridgehead atoms. The van der Waals surface area contributed by atoms with Crippen LogP contribution in [0, 0.1) is 6.92 Å². The van der Waals surface area contributed by atoms with Crippen molar-refractivity contribution in [3.8, 4) is 11.1 Å². The van der Waals surface area contributed by atoms with Crippen LogP contribution in [0.5, 0.6) is 0 Å². The molecule has 0 aliphatic heterocycles. The number of alkyl halides is 2. The molecule has 2 aromatic carbocycles. The monoisotopic (exact) mass is 302 g/mol. The summed E-state index contributed by atoms with van der Waals surface area (Å²) in [5.74, 6) is -3.60. The van der Waals surface area contributed by atoms with Crippen molar-refractivity contribution < 1.29 is 19.0 Å². The van der Waals surface area contributed by atoms with Crippen molar-refractivity contribution in [1.29, 1.82) is 0 Å². The van der Waals surface area contributed by atoms with Crippen LogP contribution in [0.2, 0.25) is 0 Å². The van der Waals surface area contributed by atoms with E-state index in [1.54, 1.807) is 31.2 Å². The molecule has 0 saturated carbocycles. The van der Waals surface area contributed by atoms with Crippen LogP contribution in [0.15, 0.2) is 43.0 Å². The standard InChI is InChI=1S/C18H16F2O2/c1-10-8-12(11(2)21)9-15-16(10)13-6-4-5-7-14(13)18(15,22)17(3,19)20/h4-9,21-22H,2H2,1,3H3. The van der Waals surface area contributed by atoms with Crippen molar-refractivity contribution in [3.05, 3.63) is 65.2 Å². The quantitative estimate of drug-likeness (QED) is 0.807. The van der Waals surface area contributed by atoms with E-state index in [1.165, 1.54) is 12.1 Å². The average molecular weight is 302 g/mol. The van der Waals surface area contributed by atoms with Crippen molar-refractivity contribution in [2.45, 2.75) is 25.4 Å². The average Bonchev–Trinajstić information content (AvgIpc) is 2.70. The lowest BCUT2D eigenvalue weighted by Gasteiger charge is -2.32. The van der Waals surface area contributed by atoms with E-state index < -0.39 is 11.5 Å². The Hall–Kier alpha value is -2.20. The van der Waals surface area contributed by atoms with E-state index in [9.17, 15) is 19.0 Å². The maximum absolute atomic E-state index is 14.3. The zero-order chi connectivity index (χ0) is 16.3. The molecule has 4 heteroatoms. The van der Waals surface area contributed by atoms with E-state index in [-0.39, 0.29) is 16.9 Å². The van der Waals surface area contributed by atoms with E-state index in [2.05, 4.69) is 6.58 Å². The highest BCUT2D eigenvalue weighted by Crippen LogP contribution is 2.55. The highest BCUT2D eigenvalue weighted by Gasteiger charge is 2.57. The lowest BCUT2D eigenvalue weighted by atomic mass is 9.84. The number of hydrogen-bond donors (Lipinski definition) is 2. The minimum Gasteiger partial charge on any atom is -0.508 e. The number of halogens is 2. The summed E-state index contributed by atoms with van der Waals surface area (Å²) in [4.78, 5) is 0. The number of aliphatic hydroxyl groups is 2. The molecule has 0 spiro atoms. The first-order valence-electron chi connectivity index (χ1n) is 6.91. The summed E-state index contributed by atoms with van der Waals surface area (Å²) in [5.41, 5.74) is 0.0725. The fourth-order valence-corrected chi connectivity index (χ4v) is 3.23. The molecule has 1 aliphatic rings. The van der Waals surface area contributed by atoms with Crippen LogP contribution in [0.1, 0.15) is 29.2 Å². The summed E-state index contributed by atoms with van der Waals surface area (Å²) in [6.45, 7) is 5.91. The molecule has 0 fully saturated rings. The Kier molecular flexibility index (Phi) is 2.94. The Morgan fingerprint density at radius 1 is 1.18 bits per heavy atom. The van der Waals surface area contributed by atoms with E-state index in [0.29, 0.717) is 29.2 Å². The molecule has 0 amide bonds. The predicted octanol–water partition coefficient (Wildman–Crippen LogP) is 4.40. The van der Waals surface area contributed by atoms with Gasteiger partial charge in [-0.15, -0.1) is 0 Å². The molecule has 0 heterocycles. The molecule has 0 aromatic heterocycles. The molecular weight excluding hydrogens is 286 g/mol. The van der Waals surface area contributed by atoms with Crippen LogP contribution >= 0.6 is 0 Å². The molecule has 2 aromatic rings. The van der Waals surface area contributed by atoms with Gasteiger partial charge >= 0.3 is 0 Å². The normalized spacial score (nSPS) is 19.7. The molecule has 2 nitrogen and oxygen atoms in total. The number of fused-ring (bicyclic) bond motifs is 3. The minimum atomic E-state index is -3.38. The van der Waals surface area contributed by atoms with Gasteiger partial charge in [0.25, 0.3) is 5.92 Å². The van der Waals surface area contributed by atoms with E-state index in [1.807, 2.05) is 0 Å². The number of hydrogen-bond acceptors (Lipinski definition) is 2. The maximum atomic E-state index is 14.3. The molecular formula is C18H16F2O2. The summed E-state index contributed by atoms with van der Waals surface area (Å²) in [7, 11) is 0. The third-order valence-electron chi connectivity index (χ3n) is 4.28. The number of aryl methyl sites for hydroxylation is 1. The van der Waals surface area contributed by atoms with Crippen LogP contribution in [0.25, 0.3) is 16.9 Å². The lowest BCUT2D eigenvalue weighted by Crippen LogP contribution is -2.42. The van der Waals surface area contributed by atoms with Crippen LogP contribution in [0.4, 0.5) is 8.78 Å². The predicted molar refractivity (Wildman–Crippen MR) is 81.9 cm³/mol. The van der Waals surface area contributed by atoms with Gasteiger partial charge in [-0.1, -0.05) is 30.8 Å². The molecule has 1 unspecified atom stereocenters. The van der Waals surface area contributed by atoms with Gasteiger partial charge in [-0.05, 0) is 35.7 Å². The largest absolute Gasteiger partial charge is 0.508 e. The van der Waals surface area contributed by atoms with Crippen molar-refractivity contribution >= 4 is 5.76 Å². The minimum absolute atomic E-state index is 0.103. The Labute approximate surface area is 127 Å². The van der Waals surface area contributed by atoms with Gasteiger partial charge in [0.2, 0.25) is 0 Å². The highest BCUT2D eigenvalue weighted by atomic mass is 19.3. The molecule has 1 aliphatic carbocycles. The summed E-state index contributed by atoms with van der Waals surface area (Å²) < 4.78 is 28.6. The summed E-state index contributed by atoms with van der Waals surface area (Å²) in [6, 6.07) is 9.68. The van der Waals surface area contributed by atoms with Gasteiger partial charge in [0.1, 0.15) is 5.76 Å². The number of benzene rings is 2. The van der Waals surface area contributed by atoms with Gasteiger partial charge in [-0.25, -0.2) is 8.78 Å². The van der Waals surface area contributed by atoms with Crippen LogP contribution in [-0.4, -0.2) is 16.1 Å². The third kappa shape index (κ3) is 1.74. The Bertz CT molecular complexity index is 790. The first-order chi connectivity index (χ1) is 10.2. The van der Waals surface area contributed by atoms with Crippen LogP contribution < -0.4 is 0 Å². The van der Waals surface area contributed by atoms with Crippen molar-refractivity contribution in [2.24, 2.45) is 0 Å². The van der Waals surface area contributed by atoms with Gasteiger partial charge in [0, 0.05) is 23.6 Å². The van der Waals surface area contributed by atoms with Crippen LogP contribution in [-0.2, 0) is 5.60 Å². The summed E-state index contributed by atoms with van der Waals surface area (Å²) in [6.07, 6.45) is 0. The Balaban J connectivity index is 2.45. The lowest BCUT2D eigenvalue weighted by molar-refractivity contribution is -0.148. The molecule has 0 radical (unpaired) electrons. The first-order valence-corrected chi connectivity index (χ1v) is 6.91. The summed E-state index contributed by atoms with van der Waals surface area (Å²) >= 11 is 0. The molecule has 1 atom stereocenters. The Morgan fingerprint density at radius 2 is 1.82 bits per heavy atom. The topological polar surface area (TPSA) is 40.5 Å². The third-order valence-corrected chi connectivity index (χ3v) is 4.28. The molecule has 2 N–H and O–H groups in total. The fourth-order valence-electron chi connectivity index (χ4n) is 3.23. The van der Waals surface area contributed by atoms with E-state index in [4.69, 9.17) is 0 Å². The van der Waals surface area contributed by atoms with Gasteiger partial charge in [0.05, 0.1) is 0 Å². The molecule has 3 rings (SSSR count). The highest BCUT2D eigenvalue weighted by molar-refractivity contribution is 5.84. The first kappa shape index (κ1) is 14.7. The zero-order valence-corrected chi connectivity index (χ0v) is 12.3. The van der Waals surface area contributed by atoms with E-state index >= 15 is 0 Å². The second-order valence-electron chi connectivity index (χ2n) is 5.81. The number of aliphatic hydroxyl groups excluding tert-OH is 1. The Morgan fingerprint density at radius 3 is 2.41 bits per heavy atom. The molecule has 114 valence electrons.